The fraction of sp³-hybridized carbons (Fsp3) is 0.462. The molecule has 2 heterocycles. The van der Waals surface area contributed by atoms with Crippen molar-refractivity contribution in [3.05, 3.63) is 18.2 Å². The van der Waals surface area contributed by atoms with Crippen LogP contribution >= 0.6 is 0 Å². The van der Waals surface area contributed by atoms with E-state index >= 15 is 0 Å². The standard InChI is InChI=1S/C13H16N2O3S/c14-10-1-2-12-11(7-10)15-13(18-12)19(16)8-9-3-5-17-6-4-9/h1-2,7,9H,3-6,8,14H2. The van der Waals surface area contributed by atoms with Gasteiger partial charge in [-0.1, -0.05) is 0 Å². The lowest BCUT2D eigenvalue weighted by Gasteiger charge is -2.20. The Hall–Kier alpha value is -1.40. The summed E-state index contributed by atoms with van der Waals surface area (Å²) in [4.78, 5) is 4.26. The molecule has 0 amide bonds. The van der Waals surface area contributed by atoms with Crippen LogP contribution in [0.3, 0.4) is 0 Å². The molecule has 6 heteroatoms. The van der Waals surface area contributed by atoms with Crippen molar-refractivity contribution < 1.29 is 13.4 Å². The van der Waals surface area contributed by atoms with Gasteiger partial charge in [0.05, 0.1) is 0 Å². The third-order valence-corrected chi connectivity index (χ3v) is 4.65. The summed E-state index contributed by atoms with van der Waals surface area (Å²) in [5.41, 5.74) is 7.61. The van der Waals surface area contributed by atoms with Crippen LogP contribution in [0.1, 0.15) is 12.8 Å². The van der Waals surface area contributed by atoms with E-state index in [1.54, 1.807) is 18.2 Å². The molecule has 0 spiro atoms. The van der Waals surface area contributed by atoms with Crippen molar-refractivity contribution in [2.24, 2.45) is 5.92 Å². The molecule has 0 saturated carbocycles. The Bertz CT molecular complexity index is 605. The van der Waals surface area contributed by atoms with E-state index in [9.17, 15) is 4.21 Å². The molecule has 1 fully saturated rings. The Morgan fingerprint density at radius 1 is 1.37 bits per heavy atom. The number of benzene rings is 1. The number of nitrogens with two attached hydrogens (primary N) is 1. The van der Waals surface area contributed by atoms with Crippen LogP contribution in [0.4, 0.5) is 5.69 Å². The minimum absolute atomic E-state index is 0.298. The minimum Gasteiger partial charge on any atom is -0.430 e. The molecule has 1 aliphatic heterocycles. The number of aromatic nitrogens is 1. The molecule has 1 aliphatic rings. The molecule has 2 N–H and O–H groups in total. The lowest BCUT2D eigenvalue weighted by atomic mass is 10.0. The third-order valence-electron chi connectivity index (χ3n) is 3.31. The largest absolute Gasteiger partial charge is 0.430 e. The summed E-state index contributed by atoms with van der Waals surface area (Å²) in [5.74, 6) is 1.01. The topological polar surface area (TPSA) is 78.3 Å². The second-order valence-electron chi connectivity index (χ2n) is 4.77. The second-order valence-corrected chi connectivity index (χ2v) is 6.15. The van der Waals surface area contributed by atoms with Gasteiger partial charge >= 0.3 is 0 Å². The first-order chi connectivity index (χ1) is 9.22. The van der Waals surface area contributed by atoms with Gasteiger partial charge in [-0.3, -0.25) is 0 Å². The Labute approximate surface area is 113 Å². The summed E-state index contributed by atoms with van der Waals surface area (Å²) < 4.78 is 23.1. The predicted molar refractivity (Wildman–Crippen MR) is 73.2 cm³/mol. The first kappa shape index (κ1) is 12.6. The number of hydrogen-bond donors (Lipinski definition) is 1. The first-order valence-electron chi connectivity index (χ1n) is 6.34. The highest BCUT2D eigenvalue weighted by atomic mass is 32.2. The van der Waals surface area contributed by atoms with Crippen LogP contribution in [0.5, 0.6) is 0 Å². The van der Waals surface area contributed by atoms with E-state index in [0.29, 0.717) is 33.7 Å². The maximum absolute atomic E-state index is 12.3. The van der Waals surface area contributed by atoms with Gasteiger partial charge in [0.1, 0.15) is 16.3 Å². The second kappa shape index (κ2) is 5.30. The van der Waals surface area contributed by atoms with Crippen molar-refractivity contribution in [2.75, 3.05) is 24.7 Å². The summed E-state index contributed by atoms with van der Waals surface area (Å²) in [6, 6.07) is 5.24. The number of rotatable bonds is 3. The molecule has 1 atom stereocenters. The van der Waals surface area contributed by atoms with Crippen molar-refractivity contribution >= 4 is 27.6 Å². The average Bonchev–Trinajstić information content (AvgIpc) is 2.83. The van der Waals surface area contributed by atoms with Crippen LogP contribution in [-0.4, -0.2) is 28.2 Å². The molecule has 1 saturated heterocycles. The monoisotopic (exact) mass is 280 g/mol. The van der Waals surface area contributed by atoms with E-state index in [0.717, 1.165) is 26.1 Å². The zero-order valence-electron chi connectivity index (χ0n) is 10.5. The van der Waals surface area contributed by atoms with Gasteiger partial charge in [0.25, 0.3) is 5.22 Å². The number of ether oxygens (including phenoxy) is 1. The highest BCUT2D eigenvalue weighted by molar-refractivity contribution is 7.84. The average molecular weight is 280 g/mol. The predicted octanol–water partition coefficient (Wildman–Crippen LogP) is 1.94. The molecule has 3 rings (SSSR count). The number of anilines is 1. The molecule has 19 heavy (non-hydrogen) atoms. The van der Waals surface area contributed by atoms with Crippen LogP contribution in [-0.2, 0) is 15.5 Å². The fourth-order valence-corrected chi connectivity index (χ4v) is 3.51. The van der Waals surface area contributed by atoms with Gasteiger partial charge in [-0.15, -0.1) is 0 Å². The molecule has 1 unspecified atom stereocenters. The Balaban J connectivity index is 1.77. The highest BCUT2D eigenvalue weighted by Gasteiger charge is 2.20. The van der Waals surface area contributed by atoms with E-state index in [-0.39, 0.29) is 0 Å². The van der Waals surface area contributed by atoms with E-state index in [4.69, 9.17) is 14.9 Å². The Kier molecular flexibility index (Phi) is 3.52. The van der Waals surface area contributed by atoms with Crippen LogP contribution in [0.2, 0.25) is 0 Å². The molecular weight excluding hydrogens is 264 g/mol. The maximum atomic E-state index is 12.3. The van der Waals surface area contributed by atoms with Gasteiger partial charge in [-0.05, 0) is 37.0 Å². The summed E-state index contributed by atoms with van der Waals surface area (Å²) in [5, 5.41) is 0.298. The van der Waals surface area contributed by atoms with E-state index in [1.165, 1.54) is 0 Å². The summed E-state index contributed by atoms with van der Waals surface area (Å²) >= 11 is 0. The fourth-order valence-electron chi connectivity index (χ4n) is 2.22. The molecular formula is C13H16N2O3S. The van der Waals surface area contributed by atoms with Crippen LogP contribution in [0, 0.1) is 5.92 Å². The van der Waals surface area contributed by atoms with E-state index < -0.39 is 10.8 Å². The van der Waals surface area contributed by atoms with Gasteiger partial charge in [0.15, 0.2) is 5.58 Å². The Morgan fingerprint density at radius 2 is 2.16 bits per heavy atom. The van der Waals surface area contributed by atoms with Gasteiger partial charge in [-0.2, -0.15) is 0 Å². The summed E-state index contributed by atoms with van der Waals surface area (Å²) in [7, 11) is -1.19. The molecule has 0 radical (unpaired) electrons. The first-order valence-corrected chi connectivity index (χ1v) is 7.66. The SMILES string of the molecule is Nc1ccc2oc(S(=O)CC3CCOCC3)nc2c1. The van der Waals surface area contributed by atoms with Crippen LogP contribution in [0.25, 0.3) is 11.1 Å². The summed E-state index contributed by atoms with van der Waals surface area (Å²) in [6.45, 7) is 1.51. The number of nitrogens with zero attached hydrogens (tertiary/aromatic N) is 1. The molecule has 0 bridgehead atoms. The normalized spacial score (nSPS) is 18.7. The van der Waals surface area contributed by atoms with Gasteiger partial charge in [-0.25, -0.2) is 9.19 Å². The number of nitrogen functional groups attached to an aromatic ring is 1. The molecule has 2 aromatic rings. The molecule has 0 aliphatic carbocycles. The van der Waals surface area contributed by atoms with E-state index in [1.807, 2.05) is 0 Å². The van der Waals surface area contributed by atoms with Gasteiger partial charge < -0.3 is 14.9 Å². The molecule has 102 valence electrons. The number of hydrogen-bond acceptors (Lipinski definition) is 5. The maximum Gasteiger partial charge on any atom is 0.287 e. The zero-order chi connectivity index (χ0) is 13.2. The van der Waals surface area contributed by atoms with Crippen molar-refractivity contribution in [2.45, 2.75) is 18.1 Å². The van der Waals surface area contributed by atoms with Gasteiger partial charge in [0, 0.05) is 24.7 Å². The lowest BCUT2D eigenvalue weighted by molar-refractivity contribution is 0.0725. The minimum atomic E-state index is -1.19. The molecule has 1 aromatic heterocycles. The third kappa shape index (κ3) is 2.79. The van der Waals surface area contributed by atoms with E-state index in [2.05, 4.69) is 4.98 Å². The van der Waals surface area contributed by atoms with Crippen molar-refractivity contribution in [3.63, 3.8) is 0 Å². The quantitative estimate of drug-likeness (QED) is 0.869. The summed E-state index contributed by atoms with van der Waals surface area (Å²) in [6.07, 6.45) is 1.91. The van der Waals surface area contributed by atoms with Gasteiger partial charge in [0.2, 0.25) is 0 Å². The molecule has 1 aromatic carbocycles. The van der Waals surface area contributed by atoms with Crippen molar-refractivity contribution in [1.82, 2.24) is 4.98 Å². The molecule has 5 nitrogen and oxygen atoms in total. The highest BCUT2D eigenvalue weighted by Crippen LogP contribution is 2.23. The number of oxazole rings is 1. The number of fused-ring (bicyclic) bond motifs is 1. The zero-order valence-corrected chi connectivity index (χ0v) is 11.3. The Morgan fingerprint density at radius 3 is 2.95 bits per heavy atom. The lowest BCUT2D eigenvalue weighted by Crippen LogP contribution is -2.21. The smallest absolute Gasteiger partial charge is 0.287 e. The van der Waals surface area contributed by atoms with Crippen molar-refractivity contribution in [3.8, 4) is 0 Å². The van der Waals surface area contributed by atoms with Crippen molar-refractivity contribution in [1.29, 1.82) is 0 Å². The van der Waals surface area contributed by atoms with Crippen LogP contribution < -0.4 is 5.73 Å². The van der Waals surface area contributed by atoms with Crippen LogP contribution in [0.15, 0.2) is 27.8 Å².